The van der Waals surface area contributed by atoms with E-state index in [0.29, 0.717) is 45.1 Å². The number of anilines is 1. The van der Waals surface area contributed by atoms with Crippen LogP contribution in [-0.2, 0) is 4.79 Å². The lowest BCUT2D eigenvalue weighted by molar-refractivity contribution is -0.126. The average Bonchev–Trinajstić information content (AvgIpc) is 3.41. The summed E-state index contributed by atoms with van der Waals surface area (Å²) in [4.78, 5) is 17.1. The summed E-state index contributed by atoms with van der Waals surface area (Å²) in [5.41, 5.74) is 4.34. The number of halogens is 2. The molecule has 1 saturated heterocycles. The minimum absolute atomic E-state index is 0. The zero-order chi connectivity index (χ0) is 25.9. The fraction of sp³-hybridized carbons (Fsp3) is 0.200. The van der Waals surface area contributed by atoms with Gasteiger partial charge in [0.2, 0.25) is 5.91 Å². The number of benzene rings is 3. The number of piperazine rings is 1. The summed E-state index contributed by atoms with van der Waals surface area (Å²) in [5, 5.41) is 4.85. The van der Waals surface area contributed by atoms with Crippen molar-refractivity contribution in [2.24, 2.45) is 0 Å². The van der Waals surface area contributed by atoms with Gasteiger partial charge in [0.05, 0.1) is 5.69 Å². The second-order valence-electron chi connectivity index (χ2n) is 9.19. The smallest absolute Gasteiger partial charge is 0.246 e. The largest absolute Gasteiger partial charge is 0.486 e. The SMILES string of the molecule is Cl.O=C(C=Cc1cn(-c2ccccc2)nc1-c1ccc2c(c1)OCCO2)N1CCN(c2ccc(F)cc2)CC1. The number of hydrogen-bond acceptors (Lipinski definition) is 5. The van der Waals surface area contributed by atoms with Crippen LogP contribution in [-0.4, -0.2) is 60.0 Å². The normalized spacial score (nSPS) is 14.8. The molecule has 0 bridgehead atoms. The van der Waals surface area contributed by atoms with Gasteiger partial charge in [-0.3, -0.25) is 4.79 Å². The predicted molar refractivity (Wildman–Crippen MR) is 151 cm³/mol. The number of aromatic nitrogens is 2. The molecule has 0 unspecified atom stereocenters. The molecule has 1 fully saturated rings. The van der Waals surface area contributed by atoms with E-state index in [9.17, 15) is 9.18 Å². The van der Waals surface area contributed by atoms with Gasteiger partial charge in [0, 0.05) is 55.3 Å². The minimum atomic E-state index is -0.251. The number of amides is 1. The highest BCUT2D eigenvalue weighted by Gasteiger charge is 2.21. The third kappa shape index (κ3) is 5.76. The molecule has 0 saturated carbocycles. The van der Waals surface area contributed by atoms with Crippen LogP contribution in [0.3, 0.4) is 0 Å². The van der Waals surface area contributed by atoms with E-state index in [1.165, 1.54) is 12.1 Å². The van der Waals surface area contributed by atoms with Gasteiger partial charge in [0.25, 0.3) is 0 Å². The van der Waals surface area contributed by atoms with Crippen LogP contribution < -0.4 is 14.4 Å². The van der Waals surface area contributed by atoms with Gasteiger partial charge >= 0.3 is 0 Å². The summed E-state index contributed by atoms with van der Waals surface area (Å²) >= 11 is 0. The van der Waals surface area contributed by atoms with Crippen LogP contribution >= 0.6 is 12.4 Å². The van der Waals surface area contributed by atoms with E-state index >= 15 is 0 Å². The van der Waals surface area contributed by atoms with Crippen molar-refractivity contribution in [3.05, 3.63) is 96.4 Å². The van der Waals surface area contributed by atoms with Gasteiger partial charge in [0.15, 0.2) is 11.5 Å². The molecule has 2 aliphatic heterocycles. The number of ether oxygens (including phenoxy) is 2. The molecule has 2 aliphatic rings. The van der Waals surface area contributed by atoms with Gasteiger partial charge in [-0.15, -0.1) is 12.4 Å². The molecule has 0 spiro atoms. The Kier molecular flexibility index (Phi) is 7.84. The summed E-state index contributed by atoms with van der Waals surface area (Å²) in [7, 11) is 0. The Morgan fingerprint density at radius 1 is 0.846 bits per heavy atom. The van der Waals surface area contributed by atoms with E-state index < -0.39 is 0 Å². The Hall–Kier alpha value is -4.30. The van der Waals surface area contributed by atoms with Gasteiger partial charge in [-0.05, 0) is 60.7 Å². The highest BCUT2D eigenvalue weighted by Crippen LogP contribution is 2.35. The Morgan fingerprint density at radius 2 is 1.56 bits per heavy atom. The number of fused-ring (bicyclic) bond motifs is 1. The first kappa shape index (κ1) is 26.3. The predicted octanol–water partition coefficient (Wildman–Crippen LogP) is 5.23. The van der Waals surface area contributed by atoms with E-state index in [2.05, 4.69) is 4.90 Å². The minimum Gasteiger partial charge on any atom is -0.486 e. The maximum atomic E-state index is 13.3. The van der Waals surface area contributed by atoms with Crippen molar-refractivity contribution < 1.29 is 18.7 Å². The first-order chi connectivity index (χ1) is 18.6. The van der Waals surface area contributed by atoms with Crippen LogP contribution in [0.4, 0.5) is 10.1 Å². The topological polar surface area (TPSA) is 59.8 Å². The number of carbonyl (C=O) groups is 1. The number of nitrogens with zero attached hydrogens (tertiary/aromatic N) is 4. The molecule has 1 amide bonds. The summed E-state index contributed by atoms with van der Waals surface area (Å²) in [6.07, 6.45) is 5.37. The Morgan fingerprint density at radius 3 is 2.31 bits per heavy atom. The van der Waals surface area contributed by atoms with E-state index in [-0.39, 0.29) is 24.1 Å². The van der Waals surface area contributed by atoms with Crippen molar-refractivity contribution in [2.75, 3.05) is 44.3 Å². The lowest BCUT2D eigenvalue weighted by atomic mass is 10.1. The van der Waals surface area contributed by atoms with Crippen LogP contribution in [0.2, 0.25) is 0 Å². The molecule has 0 radical (unpaired) electrons. The van der Waals surface area contributed by atoms with Gasteiger partial charge in [0.1, 0.15) is 24.7 Å². The number of para-hydroxylation sites is 1. The summed E-state index contributed by atoms with van der Waals surface area (Å²) in [6.45, 7) is 3.62. The first-order valence-electron chi connectivity index (χ1n) is 12.7. The molecule has 4 aromatic rings. The lowest BCUT2D eigenvalue weighted by Crippen LogP contribution is -2.48. The van der Waals surface area contributed by atoms with Gasteiger partial charge in [-0.1, -0.05) is 18.2 Å². The fourth-order valence-electron chi connectivity index (χ4n) is 4.74. The Balaban J connectivity index is 0.00000308. The van der Waals surface area contributed by atoms with Crippen molar-refractivity contribution in [1.29, 1.82) is 0 Å². The van der Waals surface area contributed by atoms with Crippen molar-refractivity contribution in [3.63, 3.8) is 0 Å². The zero-order valence-electron chi connectivity index (χ0n) is 21.2. The molecule has 6 rings (SSSR count). The van der Waals surface area contributed by atoms with Crippen molar-refractivity contribution in [2.45, 2.75) is 0 Å². The lowest BCUT2D eigenvalue weighted by Gasteiger charge is -2.35. The molecular weight excluding hydrogens is 519 g/mol. The zero-order valence-corrected chi connectivity index (χ0v) is 22.0. The molecule has 9 heteroatoms. The number of carbonyl (C=O) groups excluding carboxylic acids is 1. The van der Waals surface area contributed by atoms with Crippen LogP contribution in [0.5, 0.6) is 11.5 Å². The molecule has 3 aromatic carbocycles. The summed E-state index contributed by atoms with van der Waals surface area (Å²) < 4.78 is 26.5. The molecule has 200 valence electrons. The molecular formula is C30H28ClFN4O3. The van der Waals surface area contributed by atoms with E-state index in [1.54, 1.807) is 18.2 Å². The Labute approximate surface area is 232 Å². The van der Waals surface area contributed by atoms with E-state index in [4.69, 9.17) is 14.6 Å². The highest BCUT2D eigenvalue weighted by molar-refractivity contribution is 5.93. The van der Waals surface area contributed by atoms with Crippen LogP contribution in [0.15, 0.2) is 85.1 Å². The second-order valence-corrected chi connectivity index (χ2v) is 9.19. The molecule has 1 aromatic heterocycles. The second kappa shape index (κ2) is 11.6. The number of hydrogen-bond donors (Lipinski definition) is 0. The van der Waals surface area contributed by atoms with E-state index in [0.717, 1.165) is 33.9 Å². The van der Waals surface area contributed by atoms with Crippen molar-refractivity contribution in [3.8, 4) is 28.4 Å². The van der Waals surface area contributed by atoms with E-state index in [1.807, 2.05) is 70.4 Å². The quantitative estimate of drug-likeness (QED) is 0.321. The van der Waals surface area contributed by atoms with Crippen molar-refractivity contribution >= 4 is 30.1 Å². The third-order valence-electron chi connectivity index (χ3n) is 6.77. The molecule has 39 heavy (non-hydrogen) atoms. The Bertz CT molecular complexity index is 1470. The monoisotopic (exact) mass is 546 g/mol. The van der Waals surface area contributed by atoms with Crippen LogP contribution in [0.1, 0.15) is 5.56 Å². The average molecular weight is 547 g/mol. The maximum Gasteiger partial charge on any atom is 0.246 e. The highest BCUT2D eigenvalue weighted by atomic mass is 35.5. The van der Waals surface area contributed by atoms with Gasteiger partial charge < -0.3 is 19.3 Å². The van der Waals surface area contributed by atoms with Crippen molar-refractivity contribution in [1.82, 2.24) is 14.7 Å². The molecule has 7 nitrogen and oxygen atoms in total. The maximum absolute atomic E-state index is 13.3. The molecule has 0 N–H and O–H groups in total. The fourth-order valence-corrected chi connectivity index (χ4v) is 4.74. The third-order valence-corrected chi connectivity index (χ3v) is 6.77. The first-order valence-corrected chi connectivity index (χ1v) is 12.7. The standard InChI is InChI=1S/C30H27FN4O3.ClH/c31-24-8-10-25(11-9-24)33-14-16-34(17-15-33)29(36)13-7-23-21-35(26-4-2-1-3-5-26)32-30(23)22-6-12-27-28(20-22)38-19-18-37-27;/h1-13,20-21H,14-19H2;1H. The van der Waals surface area contributed by atoms with Crippen LogP contribution in [0.25, 0.3) is 23.0 Å². The van der Waals surface area contributed by atoms with Gasteiger partial charge in [-0.2, -0.15) is 5.10 Å². The summed E-state index contributed by atoms with van der Waals surface area (Å²) in [5.74, 6) is 1.10. The number of rotatable bonds is 5. The molecule has 0 atom stereocenters. The molecule has 0 aliphatic carbocycles. The molecule has 3 heterocycles. The summed E-state index contributed by atoms with van der Waals surface area (Å²) in [6, 6.07) is 22.1. The van der Waals surface area contributed by atoms with Gasteiger partial charge in [-0.25, -0.2) is 9.07 Å². The van der Waals surface area contributed by atoms with Crippen LogP contribution in [0, 0.1) is 5.82 Å².